The molecule has 3 rings (SSSR count). The highest BCUT2D eigenvalue weighted by Crippen LogP contribution is 2.19. The van der Waals surface area contributed by atoms with Crippen molar-refractivity contribution in [2.75, 3.05) is 6.54 Å². The van der Waals surface area contributed by atoms with E-state index >= 15 is 0 Å². The molecule has 0 saturated carbocycles. The standard InChI is InChI=1S/C20H24N2O2/c1-15-13-18(21)11-12-22(15)20(23)17-9-7-16(8-10-17)14-24-19-5-3-2-4-6-19/h2-10,15,18H,11-14,21H2,1H3/t15-,18+/m0/s1. The maximum absolute atomic E-state index is 12.7. The molecule has 2 aromatic carbocycles. The largest absolute Gasteiger partial charge is 0.489 e. The molecule has 0 unspecified atom stereocenters. The molecule has 1 aliphatic rings. The molecular weight excluding hydrogens is 300 g/mol. The summed E-state index contributed by atoms with van der Waals surface area (Å²) in [5, 5.41) is 0. The summed E-state index contributed by atoms with van der Waals surface area (Å²) in [6.07, 6.45) is 1.74. The van der Waals surface area contributed by atoms with Crippen molar-refractivity contribution in [2.45, 2.75) is 38.5 Å². The van der Waals surface area contributed by atoms with E-state index in [0.717, 1.165) is 36.3 Å². The lowest BCUT2D eigenvalue weighted by Gasteiger charge is -2.36. The summed E-state index contributed by atoms with van der Waals surface area (Å²) in [5.41, 5.74) is 7.74. The zero-order valence-corrected chi connectivity index (χ0v) is 14.0. The fraction of sp³-hybridized carbons (Fsp3) is 0.350. The summed E-state index contributed by atoms with van der Waals surface area (Å²) in [6.45, 7) is 3.30. The number of hydrogen-bond acceptors (Lipinski definition) is 3. The van der Waals surface area contributed by atoms with Gasteiger partial charge in [-0.05, 0) is 49.6 Å². The monoisotopic (exact) mass is 324 g/mol. The molecule has 1 fully saturated rings. The number of carbonyl (C=O) groups excluding carboxylic acids is 1. The summed E-state index contributed by atoms with van der Waals surface area (Å²) in [4.78, 5) is 14.6. The molecule has 24 heavy (non-hydrogen) atoms. The second-order valence-corrected chi connectivity index (χ2v) is 6.43. The van der Waals surface area contributed by atoms with Crippen LogP contribution in [-0.4, -0.2) is 29.4 Å². The van der Waals surface area contributed by atoms with Gasteiger partial charge in [-0.2, -0.15) is 0 Å². The normalized spacial score (nSPS) is 20.7. The minimum atomic E-state index is 0.0879. The Balaban J connectivity index is 1.60. The average molecular weight is 324 g/mol. The van der Waals surface area contributed by atoms with Gasteiger partial charge in [-0.15, -0.1) is 0 Å². The van der Waals surface area contributed by atoms with E-state index < -0.39 is 0 Å². The lowest BCUT2D eigenvalue weighted by molar-refractivity contribution is 0.0619. The molecule has 0 aliphatic carbocycles. The quantitative estimate of drug-likeness (QED) is 0.939. The van der Waals surface area contributed by atoms with Gasteiger partial charge in [0.05, 0.1) is 0 Å². The number of rotatable bonds is 4. The predicted molar refractivity (Wildman–Crippen MR) is 94.9 cm³/mol. The summed E-state index contributed by atoms with van der Waals surface area (Å²) in [6, 6.07) is 17.8. The van der Waals surface area contributed by atoms with Crippen LogP contribution < -0.4 is 10.5 Å². The molecule has 2 aromatic rings. The molecule has 0 aromatic heterocycles. The van der Waals surface area contributed by atoms with Gasteiger partial charge in [0.25, 0.3) is 5.91 Å². The van der Waals surface area contributed by atoms with Crippen molar-refractivity contribution in [3.8, 4) is 5.75 Å². The summed E-state index contributed by atoms with van der Waals surface area (Å²) >= 11 is 0. The van der Waals surface area contributed by atoms with E-state index in [1.165, 1.54) is 0 Å². The molecule has 0 bridgehead atoms. The Morgan fingerprint density at radius 2 is 1.88 bits per heavy atom. The van der Waals surface area contributed by atoms with Crippen LogP contribution >= 0.6 is 0 Å². The Morgan fingerprint density at radius 1 is 1.17 bits per heavy atom. The number of benzene rings is 2. The minimum Gasteiger partial charge on any atom is -0.489 e. The number of piperidine rings is 1. The van der Waals surface area contributed by atoms with Crippen LogP contribution in [0.5, 0.6) is 5.75 Å². The highest BCUT2D eigenvalue weighted by molar-refractivity contribution is 5.94. The van der Waals surface area contributed by atoms with Gasteiger partial charge in [0.1, 0.15) is 12.4 Å². The van der Waals surface area contributed by atoms with Gasteiger partial charge in [-0.1, -0.05) is 30.3 Å². The van der Waals surface area contributed by atoms with Crippen LogP contribution in [0.3, 0.4) is 0 Å². The van der Waals surface area contributed by atoms with E-state index in [-0.39, 0.29) is 18.0 Å². The second-order valence-electron chi connectivity index (χ2n) is 6.43. The molecule has 0 radical (unpaired) electrons. The van der Waals surface area contributed by atoms with Crippen molar-refractivity contribution in [1.82, 2.24) is 4.90 Å². The Labute approximate surface area is 143 Å². The van der Waals surface area contributed by atoms with E-state index in [4.69, 9.17) is 10.5 Å². The molecule has 1 saturated heterocycles. The third-order valence-corrected chi connectivity index (χ3v) is 4.53. The smallest absolute Gasteiger partial charge is 0.254 e. The SMILES string of the molecule is C[C@H]1C[C@H](N)CCN1C(=O)c1ccc(COc2ccccc2)cc1. The van der Waals surface area contributed by atoms with Crippen LogP contribution in [-0.2, 0) is 6.61 Å². The molecule has 126 valence electrons. The Hall–Kier alpha value is -2.33. The first-order valence-electron chi connectivity index (χ1n) is 8.47. The zero-order valence-electron chi connectivity index (χ0n) is 14.0. The fourth-order valence-electron chi connectivity index (χ4n) is 3.10. The molecule has 1 heterocycles. The zero-order chi connectivity index (χ0) is 16.9. The van der Waals surface area contributed by atoms with Gasteiger partial charge in [0.15, 0.2) is 0 Å². The van der Waals surface area contributed by atoms with Crippen molar-refractivity contribution in [2.24, 2.45) is 5.73 Å². The van der Waals surface area contributed by atoms with Crippen LogP contribution in [0.2, 0.25) is 0 Å². The lowest BCUT2D eigenvalue weighted by Crippen LogP contribution is -2.48. The summed E-state index contributed by atoms with van der Waals surface area (Å²) in [7, 11) is 0. The minimum absolute atomic E-state index is 0.0879. The number of amides is 1. The summed E-state index contributed by atoms with van der Waals surface area (Å²) in [5.74, 6) is 0.932. The van der Waals surface area contributed by atoms with Crippen LogP contribution in [0.15, 0.2) is 54.6 Å². The highest BCUT2D eigenvalue weighted by atomic mass is 16.5. The van der Waals surface area contributed by atoms with Crippen molar-refractivity contribution in [3.63, 3.8) is 0 Å². The maximum Gasteiger partial charge on any atom is 0.254 e. The Kier molecular flexibility index (Phi) is 5.16. The van der Waals surface area contributed by atoms with Crippen LogP contribution in [0.25, 0.3) is 0 Å². The molecule has 4 nitrogen and oxygen atoms in total. The Bertz CT molecular complexity index is 670. The van der Waals surface area contributed by atoms with Gasteiger partial charge in [0.2, 0.25) is 0 Å². The van der Waals surface area contributed by atoms with Crippen LogP contribution in [0.1, 0.15) is 35.7 Å². The lowest BCUT2D eigenvalue weighted by atomic mass is 9.98. The molecular formula is C20H24N2O2. The van der Waals surface area contributed by atoms with E-state index in [1.54, 1.807) is 0 Å². The molecule has 0 spiro atoms. The maximum atomic E-state index is 12.7. The first kappa shape index (κ1) is 16.5. The molecule has 2 N–H and O–H groups in total. The number of carbonyl (C=O) groups is 1. The second kappa shape index (κ2) is 7.49. The van der Waals surface area contributed by atoms with E-state index in [0.29, 0.717) is 6.61 Å². The number of nitrogens with zero attached hydrogens (tertiary/aromatic N) is 1. The fourth-order valence-corrected chi connectivity index (χ4v) is 3.10. The van der Waals surface area contributed by atoms with Gasteiger partial charge in [-0.3, -0.25) is 4.79 Å². The molecule has 1 aliphatic heterocycles. The van der Waals surface area contributed by atoms with E-state index in [2.05, 4.69) is 6.92 Å². The number of para-hydroxylation sites is 1. The van der Waals surface area contributed by atoms with E-state index in [1.807, 2.05) is 59.5 Å². The van der Waals surface area contributed by atoms with E-state index in [9.17, 15) is 4.79 Å². The van der Waals surface area contributed by atoms with Crippen molar-refractivity contribution in [3.05, 3.63) is 65.7 Å². The topological polar surface area (TPSA) is 55.6 Å². The van der Waals surface area contributed by atoms with Gasteiger partial charge in [0, 0.05) is 24.2 Å². The number of nitrogens with two attached hydrogens (primary N) is 1. The highest BCUT2D eigenvalue weighted by Gasteiger charge is 2.27. The van der Waals surface area contributed by atoms with Gasteiger partial charge >= 0.3 is 0 Å². The van der Waals surface area contributed by atoms with Crippen molar-refractivity contribution >= 4 is 5.91 Å². The van der Waals surface area contributed by atoms with Crippen molar-refractivity contribution < 1.29 is 9.53 Å². The van der Waals surface area contributed by atoms with Gasteiger partial charge in [-0.25, -0.2) is 0 Å². The van der Waals surface area contributed by atoms with Crippen LogP contribution in [0, 0.1) is 0 Å². The average Bonchev–Trinajstić information content (AvgIpc) is 2.61. The number of likely N-dealkylation sites (tertiary alicyclic amines) is 1. The van der Waals surface area contributed by atoms with Crippen molar-refractivity contribution in [1.29, 1.82) is 0 Å². The number of ether oxygens (including phenoxy) is 1. The number of hydrogen-bond donors (Lipinski definition) is 1. The Morgan fingerprint density at radius 3 is 2.54 bits per heavy atom. The van der Waals surface area contributed by atoms with Gasteiger partial charge < -0.3 is 15.4 Å². The first-order chi connectivity index (χ1) is 11.6. The third-order valence-electron chi connectivity index (χ3n) is 4.53. The summed E-state index contributed by atoms with van der Waals surface area (Å²) < 4.78 is 5.73. The third kappa shape index (κ3) is 3.95. The molecule has 4 heteroatoms. The predicted octanol–water partition coefficient (Wildman–Crippen LogP) is 3.22. The molecule has 2 atom stereocenters. The molecule has 1 amide bonds. The first-order valence-corrected chi connectivity index (χ1v) is 8.47. The van der Waals surface area contributed by atoms with Crippen LogP contribution in [0.4, 0.5) is 0 Å².